The van der Waals surface area contributed by atoms with Gasteiger partial charge in [-0.2, -0.15) is 0 Å². The zero-order valence-corrected chi connectivity index (χ0v) is 12.9. The molecule has 0 radical (unpaired) electrons. The third-order valence-corrected chi connectivity index (χ3v) is 3.86. The van der Waals surface area contributed by atoms with Crippen molar-refractivity contribution in [2.75, 3.05) is 26.7 Å². The van der Waals surface area contributed by atoms with Crippen molar-refractivity contribution < 1.29 is 24.2 Å². The van der Waals surface area contributed by atoms with Crippen molar-refractivity contribution in [3.63, 3.8) is 0 Å². The molecule has 0 aliphatic carbocycles. The maximum atomic E-state index is 12.1. The molecule has 1 saturated heterocycles. The summed E-state index contributed by atoms with van der Waals surface area (Å²) < 4.78 is 5.04. The monoisotopic (exact) mass is 300 g/mol. The summed E-state index contributed by atoms with van der Waals surface area (Å²) in [4.78, 5) is 37.7. The molecule has 0 saturated carbocycles. The van der Waals surface area contributed by atoms with E-state index >= 15 is 0 Å². The number of amides is 2. The van der Waals surface area contributed by atoms with Gasteiger partial charge in [0.1, 0.15) is 12.6 Å². The summed E-state index contributed by atoms with van der Waals surface area (Å²) in [5, 5.41) is 8.90. The second-order valence-electron chi connectivity index (χ2n) is 5.33. The maximum absolute atomic E-state index is 12.1. The van der Waals surface area contributed by atoms with Crippen LogP contribution in [0.25, 0.3) is 0 Å². The highest BCUT2D eigenvalue weighted by molar-refractivity contribution is 5.81. The Kier molecular flexibility index (Phi) is 6.61. The first-order chi connectivity index (χ1) is 9.86. The van der Waals surface area contributed by atoms with Crippen molar-refractivity contribution in [1.29, 1.82) is 0 Å². The molecular formula is C14H24N2O5. The standard InChI is InChI=1S/C14H24N2O5/c1-10(21-3)14(20)15-7-4-5-12(6-8-15)16(11(2)17)9-13(18)19/h10,12H,4-9H2,1-3H3,(H,18,19)/t10-,12+/m0/s1. The number of likely N-dealkylation sites (tertiary alicyclic amines) is 1. The van der Waals surface area contributed by atoms with Gasteiger partial charge in [0.15, 0.2) is 0 Å². The zero-order chi connectivity index (χ0) is 16.0. The molecule has 7 nitrogen and oxygen atoms in total. The molecule has 0 bridgehead atoms. The number of rotatable bonds is 5. The molecule has 1 aliphatic heterocycles. The number of ether oxygens (including phenoxy) is 1. The van der Waals surface area contributed by atoms with Crippen molar-refractivity contribution in [1.82, 2.24) is 9.80 Å². The summed E-state index contributed by atoms with van der Waals surface area (Å²) in [6, 6.07) is -0.130. The van der Waals surface area contributed by atoms with E-state index in [1.165, 1.54) is 18.9 Å². The molecule has 0 aromatic carbocycles. The van der Waals surface area contributed by atoms with Gasteiger partial charge in [0, 0.05) is 33.2 Å². The lowest BCUT2D eigenvalue weighted by Crippen LogP contribution is -2.43. The van der Waals surface area contributed by atoms with Gasteiger partial charge in [-0.05, 0) is 26.2 Å². The Balaban J connectivity index is 2.68. The number of carboxylic acids is 1. The predicted octanol–water partition coefficient (Wildman–Crippen LogP) is 0.336. The van der Waals surface area contributed by atoms with Crippen molar-refractivity contribution >= 4 is 17.8 Å². The molecule has 0 spiro atoms. The van der Waals surface area contributed by atoms with Crippen LogP contribution in [-0.2, 0) is 19.1 Å². The van der Waals surface area contributed by atoms with E-state index in [1.54, 1.807) is 11.8 Å². The van der Waals surface area contributed by atoms with Crippen molar-refractivity contribution in [2.24, 2.45) is 0 Å². The summed E-state index contributed by atoms with van der Waals surface area (Å²) in [6.45, 7) is 3.92. The van der Waals surface area contributed by atoms with Gasteiger partial charge in [-0.25, -0.2) is 0 Å². The second-order valence-corrected chi connectivity index (χ2v) is 5.33. The average Bonchev–Trinajstić information content (AvgIpc) is 2.68. The van der Waals surface area contributed by atoms with Gasteiger partial charge in [-0.15, -0.1) is 0 Å². The van der Waals surface area contributed by atoms with Crippen molar-refractivity contribution in [2.45, 2.75) is 45.3 Å². The van der Waals surface area contributed by atoms with Crippen LogP contribution >= 0.6 is 0 Å². The molecule has 1 heterocycles. The largest absolute Gasteiger partial charge is 0.480 e. The van der Waals surface area contributed by atoms with Crippen LogP contribution in [0.1, 0.15) is 33.1 Å². The normalized spacial score (nSPS) is 20.5. The Labute approximate surface area is 124 Å². The minimum atomic E-state index is -1.02. The topological polar surface area (TPSA) is 87.2 Å². The Hall–Kier alpha value is -1.63. The predicted molar refractivity (Wildman–Crippen MR) is 75.7 cm³/mol. The van der Waals surface area contributed by atoms with E-state index in [-0.39, 0.29) is 24.4 Å². The highest BCUT2D eigenvalue weighted by Crippen LogP contribution is 2.18. The van der Waals surface area contributed by atoms with Gasteiger partial charge >= 0.3 is 5.97 Å². The zero-order valence-electron chi connectivity index (χ0n) is 12.9. The number of carbonyl (C=O) groups is 3. The van der Waals surface area contributed by atoms with Crippen LogP contribution in [0.4, 0.5) is 0 Å². The quantitative estimate of drug-likeness (QED) is 0.791. The molecular weight excluding hydrogens is 276 g/mol. The smallest absolute Gasteiger partial charge is 0.323 e. The van der Waals surface area contributed by atoms with Gasteiger partial charge < -0.3 is 19.6 Å². The number of methoxy groups -OCH3 is 1. The third kappa shape index (κ3) is 5.00. The molecule has 1 fully saturated rings. The SMILES string of the molecule is CO[C@@H](C)C(=O)N1CCC[C@@H](N(CC(=O)O)C(C)=O)CC1. The fourth-order valence-corrected chi connectivity index (χ4v) is 2.61. The molecule has 0 unspecified atom stereocenters. The van der Waals surface area contributed by atoms with E-state index in [0.29, 0.717) is 25.9 Å². The molecule has 0 aromatic heterocycles. The number of carboxylic acid groups (broad SMARTS) is 1. The van der Waals surface area contributed by atoms with Crippen LogP contribution in [0.2, 0.25) is 0 Å². The highest BCUT2D eigenvalue weighted by atomic mass is 16.5. The lowest BCUT2D eigenvalue weighted by atomic mass is 10.1. The minimum Gasteiger partial charge on any atom is -0.480 e. The van der Waals surface area contributed by atoms with Gasteiger partial charge in [0.25, 0.3) is 5.91 Å². The van der Waals surface area contributed by atoms with E-state index in [9.17, 15) is 14.4 Å². The Morgan fingerprint density at radius 1 is 1.33 bits per heavy atom. The van der Waals surface area contributed by atoms with Crippen molar-refractivity contribution in [3.8, 4) is 0 Å². The first-order valence-electron chi connectivity index (χ1n) is 7.17. The molecule has 2 amide bonds. The first-order valence-corrected chi connectivity index (χ1v) is 7.17. The van der Waals surface area contributed by atoms with E-state index < -0.39 is 12.1 Å². The highest BCUT2D eigenvalue weighted by Gasteiger charge is 2.28. The fourth-order valence-electron chi connectivity index (χ4n) is 2.61. The van der Waals surface area contributed by atoms with Crippen LogP contribution in [-0.4, -0.2) is 71.6 Å². The van der Waals surface area contributed by atoms with Crippen molar-refractivity contribution in [3.05, 3.63) is 0 Å². The Morgan fingerprint density at radius 2 is 2.00 bits per heavy atom. The van der Waals surface area contributed by atoms with Gasteiger partial charge in [0.2, 0.25) is 5.91 Å². The average molecular weight is 300 g/mol. The van der Waals surface area contributed by atoms with Crippen LogP contribution in [0.3, 0.4) is 0 Å². The fraction of sp³-hybridized carbons (Fsp3) is 0.786. The molecule has 120 valence electrons. The molecule has 21 heavy (non-hydrogen) atoms. The Bertz CT molecular complexity index is 399. The first kappa shape index (κ1) is 17.4. The van der Waals surface area contributed by atoms with Gasteiger partial charge in [-0.3, -0.25) is 14.4 Å². The second kappa shape index (κ2) is 7.97. The molecule has 7 heteroatoms. The van der Waals surface area contributed by atoms with E-state index in [2.05, 4.69) is 0 Å². The number of aliphatic carboxylic acids is 1. The van der Waals surface area contributed by atoms with Gasteiger partial charge in [-0.1, -0.05) is 0 Å². The van der Waals surface area contributed by atoms with Crippen LogP contribution < -0.4 is 0 Å². The third-order valence-electron chi connectivity index (χ3n) is 3.86. The molecule has 0 aromatic rings. The van der Waals surface area contributed by atoms with Crippen LogP contribution in [0, 0.1) is 0 Å². The minimum absolute atomic E-state index is 0.0641. The number of hydrogen-bond donors (Lipinski definition) is 1. The number of nitrogens with zero attached hydrogens (tertiary/aromatic N) is 2. The lowest BCUT2D eigenvalue weighted by Gasteiger charge is -2.29. The molecule has 1 N–H and O–H groups in total. The lowest BCUT2D eigenvalue weighted by molar-refractivity contribution is -0.145. The van der Waals surface area contributed by atoms with Crippen LogP contribution in [0.15, 0.2) is 0 Å². The summed E-state index contributed by atoms with van der Waals surface area (Å²) in [6.07, 6.45) is 1.56. The maximum Gasteiger partial charge on any atom is 0.323 e. The van der Waals surface area contributed by atoms with E-state index in [1.807, 2.05) is 0 Å². The molecule has 1 aliphatic rings. The summed E-state index contributed by atoms with van der Waals surface area (Å²) in [5.74, 6) is -1.33. The van der Waals surface area contributed by atoms with E-state index in [0.717, 1.165) is 6.42 Å². The van der Waals surface area contributed by atoms with Gasteiger partial charge in [0.05, 0.1) is 0 Å². The summed E-state index contributed by atoms with van der Waals surface area (Å²) in [7, 11) is 1.49. The molecule has 2 atom stereocenters. The Morgan fingerprint density at radius 3 is 2.52 bits per heavy atom. The number of hydrogen-bond acceptors (Lipinski definition) is 4. The van der Waals surface area contributed by atoms with Crippen LogP contribution in [0.5, 0.6) is 0 Å². The summed E-state index contributed by atoms with van der Waals surface area (Å²) in [5.41, 5.74) is 0. The summed E-state index contributed by atoms with van der Waals surface area (Å²) >= 11 is 0. The number of carbonyl (C=O) groups excluding carboxylic acids is 2. The molecule has 1 rings (SSSR count). The van der Waals surface area contributed by atoms with E-state index in [4.69, 9.17) is 9.84 Å².